The van der Waals surface area contributed by atoms with Gasteiger partial charge in [0.1, 0.15) is 0 Å². The number of ether oxygens (including phenoxy) is 1. The second-order valence-electron chi connectivity index (χ2n) is 4.58. The summed E-state index contributed by atoms with van der Waals surface area (Å²) in [6, 6.07) is 10.5. The number of aryl methyl sites for hydroxylation is 1. The van der Waals surface area contributed by atoms with E-state index in [1.807, 2.05) is 24.4 Å². The van der Waals surface area contributed by atoms with E-state index in [0.717, 1.165) is 10.4 Å². The van der Waals surface area contributed by atoms with Crippen molar-refractivity contribution in [2.75, 3.05) is 0 Å². The number of nitrogens with zero attached hydrogens (tertiary/aromatic N) is 1. The van der Waals surface area contributed by atoms with E-state index in [-0.39, 0.29) is 4.90 Å². The Kier molecular flexibility index (Phi) is 3.35. The van der Waals surface area contributed by atoms with Crippen LogP contribution in [-0.2, 0) is 14.6 Å². The number of aliphatic imine (C=N–C) groups is 1. The molecule has 104 valence electrons. The van der Waals surface area contributed by atoms with E-state index in [0.29, 0.717) is 0 Å². The minimum Gasteiger partial charge on any atom is -0.471 e. The predicted molar refractivity (Wildman–Crippen MR) is 78.8 cm³/mol. The molecule has 2 aromatic rings. The first kappa shape index (κ1) is 13.3. The molecule has 20 heavy (non-hydrogen) atoms. The molecule has 1 aromatic heterocycles. The fraction of sp³-hybridized carbons (Fsp3) is 0.214. The zero-order chi connectivity index (χ0) is 14.2. The lowest BCUT2D eigenvalue weighted by atomic mass is 10.2. The minimum atomic E-state index is -3.55. The Balaban J connectivity index is 1.98. The SMILES string of the molecule is Cc1ccc(S(=O)(=O)[C@H]2N=CO[C@@H]2c2cccs2)cc1. The lowest BCUT2D eigenvalue weighted by molar-refractivity contribution is 0.231. The van der Waals surface area contributed by atoms with Crippen LogP contribution in [0.1, 0.15) is 16.5 Å². The van der Waals surface area contributed by atoms with Gasteiger partial charge in [0.25, 0.3) is 0 Å². The smallest absolute Gasteiger partial charge is 0.205 e. The van der Waals surface area contributed by atoms with Crippen molar-refractivity contribution < 1.29 is 13.2 Å². The van der Waals surface area contributed by atoms with Crippen molar-refractivity contribution >= 4 is 27.6 Å². The molecule has 1 aliphatic rings. The summed E-state index contributed by atoms with van der Waals surface area (Å²) in [5.41, 5.74) is 1.02. The van der Waals surface area contributed by atoms with E-state index in [4.69, 9.17) is 4.74 Å². The maximum atomic E-state index is 12.7. The lowest BCUT2D eigenvalue weighted by Gasteiger charge is -2.16. The summed E-state index contributed by atoms with van der Waals surface area (Å²) in [4.78, 5) is 5.15. The van der Waals surface area contributed by atoms with Crippen LogP contribution in [-0.4, -0.2) is 20.2 Å². The number of sulfone groups is 1. The van der Waals surface area contributed by atoms with Crippen molar-refractivity contribution in [3.8, 4) is 0 Å². The van der Waals surface area contributed by atoms with Crippen LogP contribution in [0.2, 0.25) is 0 Å². The third-order valence-electron chi connectivity index (χ3n) is 3.17. The molecule has 0 aliphatic carbocycles. The van der Waals surface area contributed by atoms with Crippen molar-refractivity contribution in [1.29, 1.82) is 0 Å². The molecule has 3 rings (SSSR count). The van der Waals surface area contributed by atoms with Gasteiger partial charge >= 0.3 is 0 Å². The van der Waals surface area contributed by atoms with Crippen LogP contribution < -0.4 is 0 Å². The third kappa shape index (κ3) is 2.25. The van der Waals surface area contributed by atoms with Crippen molar-refractivity contribution in [2.24, 2.45) is 4.99 Å². The summed E-state index contributed by atoms with van der Waals surface area (Å²) in [6.07, 6.45) is 0.683. The van der Waals surface area contributed by atoms with Crippen molar-refractivity contribution in [3.63, 3.8) is 0 Å². The molecule has 2 atom stereocenters. The monoisotopic (exact) mass is 307 g/mol. The Bertz CT molecular complexity index is 718. The molecule has 0 amide bonds. The highest BCUT2D eigenvalue weighted by Gasteiger charge is 2.40. The summed E-state index contributed by atoms with van der Waals surface area (Å²) in [7, 11) is -3.55. The molecule has 0 N–H and O–H groups in total. The van der Waals surface area contributed by atoms with Gasteiger partial charge in [-0.2, -0.15) is 0 Å². The van der Waals surface area contributed by atoms with Gasteiger partial charge in [0.15, 0.2) is 12.5 Å². The molecule has 0 fully saturated rings. The average molecular weight is 307 g/mol. The summed E-state index contributed by atoms with van der Waals surface area (Å²) >= 11 is 1.47. The molecule has 0 radical (unpaired) electrons. The van der Waals surface area contributed by atoms with Crippen molar-refractivity contribution in [2.45, 2.75) is 23.3 Å². The van der Waals surface area contributed by atoms with Gasteiger partial charge in [-0.05, 0) is 30.5 Å². The molecule has 0 saturated heterocycles. The maximum absolute atomic E-state index is 12.7. The van der Waals surface area contributed by atoms with Gasteiger partial charge in [0.2, 0.25) is 15.2 Å². The minimum absolute atomic E-state index is 0.275. The number of hydrogen-bond donors (Lipinski definition) is 0. The molecule has 0 unspecified atom stereocenters. The van der Waals surface area contributed by atoms with Crippen LogP contribution in [0.15, 0.2) is 51.7 Å². The fourth-order valence-electron chi connectivity index (χ4n) is 2.08. The number of benzene rings is 1. The van der Waals surface area contributed by atoms with E-state index < -0.39 is 21.3 Å². The second-order valence-corrected chi connectivity index (χ2v) is 7.60. The first-order chi connectivity index (χ1) is 9.59. The highest BCUT2D eigenvalue weighted by molar-refractivity contribution is 7.92. The number of hydrogen-bond acceptors (Lipinski definition) is 5. The van der Waals surface area contributed by atoms with Crippen molar-refractivity contribution in [3.05, 3.63) is 52.2 Å². The fourth-order valence-corrected chi connectivity index (χ4v) is 4.49. The molecule has 6 heteroatoms. The van der Waals surface area contributed by atoms with Gasteiger partial charge < -0.3 is 4.74 Å². The van der Waals surface area contributed by atoms with Gasteiger partial charge in [0, 0.05) is 4.88 Å². The summed E-state index contributed by atoms with van der Waals surface area (Å²) in [6.45, 7) is 1.92. The Morgan fingerprint density at radius 1 is 1.20 bits per heavy atom. The molecular weight excluding hydrogens is 294 g/mol. The van der Waals surface area contributed by atoms with Gasteiger partial charge in [-0.25, -0.2) is 13.4 Å². The molecule has 1 aliphatic heterocycles. The van der Waals surface area contributed by atoms with Gasteiger partial charge in [-0.1, -0.05) is 23.8 Å². The first-order valence-corrected chi connectivity index (χ1v) is 8.53. The number of thiophene rings is 1. The predicted octanol–water partition coefficient (Wildman–Crippen LogP) is 2.96. The van der Waals surface area contributed by atoms with Crippen LogP contribution in [0, 0.1) is 6.92 Å². The summed E-state index contributed by atoms with van der Waals surface area (Å²) < 4.78 is 30.7. The second kappa shape index (κ2) is 5.03. The Morgan fingerprint density at radius 2 is 1.95 bits per heavy atom. The molecule has 0 spiro atoms. The molecular formula is C14H13NO3S2. The first-order valence-electron chi connectivity index (χ1n) is 6.10. The molecule has 0 bridgehead atoms. The van der Waals surface area contributed by atoms with Crippen LogP contribution in [0.25, 0.3) is 0 Å². The highest BCUT2D eigenvalue weighted by atomic mass is 32.2. The zero-order valence-corrected chi connectivity index (χ0v) is 12.4. The Hall–Kier alpha value is -1.66. The Morgan fingerprint density at radius 3 is 2.60 bits per heavy atom. The van der Waals surface area contributed by atoms with Crippen LogP contribution in [0.4, 0.5) is 0 Å². The molecule has 2 heterocycles. The van der Waals surface area contributed by atoms with Crippen LogP contribution in [0.3, 0.4) is 0 Å². The summed E-state index contributed by atoms with van der Waals surface area (Å²) in [5, 5.41) is 0.982. The van der Waals surface area contributed by atoms with Gasteiger partial charge in [-0.15, -0.1) is 11.3 Å². The van der Waals surface area contributed by atoms with Crippen molar-refractivity contribution in [1.82, 2.24) is 0 Å². The normalized spacial score (nSPS) is 21.9. The lowest BCUT2D eigenvalue weighted by Crippen LogP contribution is -2.24. The molecule has 0 saturated carbocycles. The quantitative estimate of drug-likeness (QED) is 0.876. The largest absolute Gasteiger partial charge is 0.471 e. The summed E-state index contributed by atoms with van der Waals surface area (Å²) in [5.74, 6) is 0. The number of rotatable bonds is 3. The van der Waals surface area contributed by atoms with E-state index in [1.165, 1.54) is 17.7 Å². The van der Waals surface area contributed by atoms with Crippen LogP contribution >= 0.6 is 11.3 Å². The van der Waals surface area contributed by atoms with E-state index in [1.54, 1.807) is 24.3 Å². The van der Waals surface area contributed by atoms with Crippen LogP contribution in [0.5, 0.6) is 0 Å². The van der Waals surface area contributed by atoms with Gasteiger partial charge in [0.05, 0.1) is 4.90 Å². The Labute approximate surface area is 121 Å². The van der Waals surface area contributed by atoms with E-state index in [9.17, 15) is 8.42 Å². The third-order valence-corrected chi connectivity index (χ3v) is 6.03. The molecule has 4 nitrogen and oxygen atoms in total. The topological polar surface area (TPSA) is 55.7 Å². The van der Waals surface area contributed by atoms with Gasteiger partial charge in [-0.3, -0.25) is 0 Å². The van der Waals surface area contributed by atoms with E-state index >= 15 is 0 Å². The average Bonchev–Trinajstić information content (AvgIpc) is 3.10. The zero-order valence-electron chi connectivity index (χ0n) is 10.8. The highest BCUT2D eigenvalue weighted by Crippen LogP contribution is 2.35. The van der Waals surface area contributed by atoms with E-state index in [2.05, 4.69) is 4.99 Å². The standard InChI is InChI=1S/C14H13NO3S2/c1-10-4-6-11(7-5-10)20(16,17)14-13(18-9-15-14)12-3-2-8-19-12/h2-9,13-14H,1H3/t13-,14-/m1/s1. The maximum Gasteiger partial charge on any atom is 0.205 e. The molecule has 1 aromatic carbocycles.